The maximum Gasteiger partial charge on any atom is 0.402 e. The maximum absolute atomic E-state index is 12.5. The van der Waals surface area contributed by atoms with Crippen LogP contribution in [0.3, 0.4) is 0 Å². The van der Waals surface area contributed by atoms with Gasteiger partial charge >= 0.3 is 6.18 Å². The second-order valence-electron chi connectivity index (χ2n) is 3.16. The third-order valence-corrected chi connectivity index (χ3v) is 2.00. The summed E-state index contributed by atoms with van der Waals surface area (Å²) in [4.78, 5) is 9.09. The van der Waals surface area contributed by atoms with Gasteiger partial charge in [-0.25, -0.2) is 4.39 Å². The van der Waals surface area contributed by atoms with Crippen molar-refractivity contribution in [3.8, 4) is 0 Å². The molecule has 0 N–H and O–H groups in total. The number of nitro groups is 1. The van der Waals surface area contributed by atoms with Gasteiger partial charge in [-0.2, -0.15) is 13.2 Å². The molecule has 0 amide bonds. The van der Waals surface area contributed by atoms with E-state index >= 15 is 0 Å². The Hall–Kier alpha value is -1.66. The van der Waals surface area contributed by atoms with E-state index in [4.69, 9.17) is 0 Å². The maximum atomic E-state index is 12.5. The zero-order valence-electron chi connectivity index (χ0n) is 7.87. The lowest BCUT2D eigenvalue weighted by Crippen LogP contribution is -2.27. The highest BCUT2D eigenvalue weighted by molar-refractivity contribution is 5.21. The van der Waals surface area contributed by atoms with Gasteiger partial charge < -0.3 is 0 Å². The van der Waals surface area contributed by atoms with Gasteiger partial charge in [-0.1, -0.05) is 12.1 Å². The van der Waals surface area contributed by atoms with E-state index in [9.17, 15) is 27.7 Å². The van der Waals surface area contributed by atoms with Crippen LogP contribution in [-0.2, 0) is 0 Å². The molecule has 0 spiro atoms. The van der Waals surface area contributed by atoms with Crippen LogP contribution in [0, 0.1) is 15.9 Å². The molecule has 0 aliphatic rings. The Balaban J connectivity index is 3.01. The van der Waals surface area contributed by atoms with Crippen LogP contribution in [0.4, 0.5) is 17.6 Å². The first-order valence-corrected chi connectivity index (χ1v) is 4.24. The fourth-order valence-electron chi connectivity index (χ4n) is 1.24. The molecule has 0 aromatic heterocycles. The Morgan fingerprint density at radius 1 is 1.25 bits per heavy atom. The van der Waals surface area contributed by atoms with Gasteiger partial charge in [-0.3, -0.25) is 10.1 Å². The highest BCUT2D eigenvalue weighted by atomic mass is 19.4. The third kappa shape index (κ3) is 3.18. The summed E-state index contributed by atoms with van der Waals surface area (Å²) in [5, 5.41) is 10.1. The van der Waals surface area contributed by atoms with E-state index < -0.39 is 29.4 Å². The van der Waals surface area contributed by atoms with Gasteiger partial charge in [0.15, 0.2) is 0 Å². The SMILES string of the molecule is O=[N+]([O-])C[C@@H](c1ccc(F)cc1)C(F)(F)F. The van der Waals surface area contributed by atoms with Crippen LogP contribution in [0.5, 0.6) is 0 Å². The quantitative estimate of drug-likeness (QED) is 0.461. The molecular weight excluding hydrogens is 230 g/mol. The van der Waals surface area contributed by atoms with Crippen molar-refractivity contribution in [2.24, 2.45) is 0 Å². The molecular formula is C9H7F4NO2. The van der Waals surface area contributed by atoms with Crippen molar-refractivity contribution < 1.29 is 22.5 Å². The standard InChI is InChI=1S/C9H7F4NO2/c10-7-3-1-6(2-4-7)8(5-14(15)16)9(11,12)13/h1-4,8H,5H2/t8-/m0/s1. The molecule has 0 radical (unpaired) electrons. The summed E-state index contributed by atoms with van der Waals surface area (Å²) >= 11 is 0. The summed E-state index contributed by atoms with van der Waals surface area (Å²) in [5.74, 6) is -2.89. The van der Waals surface area contributed by atoms with Crippen LogP contribution in [0.1, 0.15) is 11.5 Å². The number of halogens is 4. The van der Waals surface area contributed by atoms with Gasteiger partial charge in [-0.15, -0.1) is 0 Å². The monoisotopic (exact) mass is 237 g/mol. The summed E-state index contributed by atoms with van der Waals surface area (Å²) in [5.41, 5.74) is -0.314. The number of hydrogen-bond acceptors (Lipinski definition) is 2. The predicted octanol–water partition coefficient (Wildman–Crippen LogP) is 2.75. The van der Waals surface area contributed by atoms with Crippen molar-refractivity contribution in [1.82, 2.24) is 0 Å². The van der Waals surface area contributed by atoms with Gasteiger partial charge in [0.1, 0.15) is 11.7 Å². The molecule has 0 heterocycles. The average Bonchev–Trinajstić information content (AvgIpc) is 2.14. The van der Waals surface area contributed by atoms with Crippen molar-refractivity contribution in [3.63, 3.8) is 0 Å². The van der Waals surface area contributed by atoms with Crippen molar-refractivity contribution in [1.29, 1.82) is 0 Å². The minimum Gasteiger partial charge on any atom is -0.265 e. The lowest BCUT2D eigenvalue weighted by molar-refractivity contribution is -0.490. The fraction of sp³-hybridized carbons (Fsp3) is 0.333. The van der Waals surface area contributed by atoms with Crippen molar-refractivity contribution in [2.75, 3.05) is 6.54 Å². The first-order chi connectivity index (χ1) is 7.30. The summed E-state index contributed by atoms with van der Waals surface area (Å²) in [7, 11) is 0. The summed E-state index contributed by atoms with van der Waals surface area (Å²) in [6.45, 7) is -1.25. The molecule has 1 atom stereocenters. The topological polar surface area (TPSA) is 43.1 Å². The van der Waals surface area contributed by atoms with E-state index in [-0.39, 0.29) is 5.56 Å². The van der Waals surface area contributed by atoms with E-state index in [1.807, 2.05) is 0 Å². The van der Waals surface area contributed by atoms with Crippen molar-refractivity contribution in [2.45, 2.75) is 12.1 Å². The van der Waals surface area contributed by atoms with Gasteiger partial charge in [0.25, 0.3) is 0 Å². The first kappa shape index (κ1) is 12.4. The van der Waals surface area contributed by atoms with Gasteiger partial charge in [0.2, 0.25) is 6.54 Å². The second kappa shape index (κ2) is 4.46. The molecule has 0 unspecified atom stereocenters. The Bertz CT molecular complexity index is 374. The molecule has 1 aromatic rings. The highest BCUT2D eigenvalue weighted by Crippen LogP contribution is 2.34. The summed E-state index contributed by atoms with van der Waals surface area (Å²) < 4.78 is 49.9. The van der Waals surface area contributed by atoms with Crippen molar-refractivity contribution >= 4 is 0 Å². The van der Waals surface area contributed by atoms with E-state index in [0.717, 1.165) is 24.3 Å². The molecule has 16 heavy (non-hydrogen) atoms. The fourth-order valence-corrected chi connectivity index (χ4v) is 1.24. The molecule has 0 bridgehead atoms. The smallest absolute Gasteiger partial charge is 0.265 e. The van der Waals surface area contributed by atoms with Crippen LogP contribution in [0.2, 0.25) is 0 Å². The Kier molecular flexibility index (Phi) is 3.46. The van der Waals surface area contributed by atoms with E-state index in [0.29, 0.717) is 0 Å². The van der Waals surface area contributed by atoms with Crippen LogP contribution < -0.4 is 0 Å². The Morgan fingerprint density at radius 3 is 2.12 bits per heavy atom. The molecule has 88 valence electrons. The van der Waals surface area contributed by atoms with E-state index in [1.165, 1.54) is 0 Å². The number of nitrogens with zero attached hydrogens (tertiary/aromatic N) is 1. The number of alkyl halides is 3. The first-order valence-electron chi connectivity index (χ1n) is 4.24. The highest BCUT2D eigenvalue weighted by Gasteiger charge is 2.44. The number of rotatable bonds is 3. The normalized spacial score (nSPS) is 13.5. The average molecular weight is 237 g/mol. The van der Waals surface area contributed by atoms with Gasteiger partial charge in [0.05, 0.1) is 0 Å². The van der Waals surface area contributed by atoms with Crippen LogP contribution >= 0.6 is 0 Å². The predicted molar refractivity (Wildman–Crippen MR) is 47.1 cm³/mol. The Labute approximate surface area is 87.8 Å². The molecule has 0 saturated heterocycles. The van der Waals surface area contributed by atoms with Crippen molar-refractivity contribution in [3.05, 3.63) is 45.8 Å². The minimum atomic E-state index is -4.72. The zero-order valence-corrected chi connectivity index (χ0v) is 7.87. The summed E-state index contributed by atoms with van der Waals surface area (Å²) in [6.07, 6.45) is -4.72. The number of benzene rings is 1. The zero-order chi connectivity index (χ0) is 12.3. The molecule has 0 fully saturated rings. The van der Waals surface area contributed by atoms with E-state index in [2.05, 4.69) is 0 Å². The molecule has 1 rings (SSSR count). The van der Waals surface area contributed by atoms with E-state index in [1.54, 1.807) is 0 Å². The molecule has 1 aromatic carbocycles. The van der Waals surface area contributed by atoms with Gasteiger partial charge in [0, 0.05) is 4.92 Å². The lowest BCUT2D eigenvalue weighted by Gasteiger charge is -2.16. The Morgan fingerprint density at radius 2 is 1.75 bits per heavy atom. The molecule has 7 heteroatoms. The van der Waals surface area contributed by atoms with Crippen LogP contribution in [0.15, 0.2) is 24.3 Å². The van der Waals surface area contributed by atoms with Crippen LogP contribution in [0.25, 0.3) is 0 Å². The molecule has 0 saturated carbocycles. The summed E-state index contributed by atoms with van der Waals surface area (Å²) in [6, 6.07) is 3.48. The molecule has 0 aliphatic heterocycles. The number of hydrogen-bond donors (Lipinski definition) is 0. The van der Waals surface area contributed by atoms with Crippen LogP contribution in [-0.4, -0.2) is 17.6 Å². The second-order valence-corrected chi connectivity index (χ2v) is 3.16. The molecule has 3 nitrogen and oxygen atoms in total. The largest absolute Gasteiger partial charge is 0.402 e. The minimum absolute atomic E-state index is 0.314. The third-order valence-electron chi connectivity index (χ3n) is 2.00. The van der Waals surface area contributed by atoms with Gasteiger partial charge in [-0.05, 0) is 17.7 Å². The molecule has 0 aliphatic carbocycles. The lowest BCUT2D eigenvalue weighted by atomic mass is 9.99.